The standard InChI is InChI=1S/C13H21ClNO.C12H7F5NO3S.C11H10F5N2O2.C10H8F5N2O3.C10H9F5NO3.C9H9F5NO.C8H7F5NO.C7H3F5NO/c1-3-5-6-12(4-2)11-16-15-9-7-13(14)8-10-15;1-6-2-4-7(5-3-6)22(19,20)21-18-11(16)9(14)8(13)10(15)12(18)17;12-6-7(13)9(15)18(10(16)8(6)14)20-11(19)17-4-2-1-3-5-17;11-5-6(12)8(14)17(9(15)7(5)13)20-10(18)16-1-3-19-4-2-16;1-10(2,3)18-9(17)19-16-7(14)5(12)4(11)6(13)8(16)15;1-9(2,3)16-15-7(13)5(11)4(10)6(12)8(15)14;1-2-3-15-14-7(12)5(10)4(9)6(11)8(14)13;1-2-14-13-6(11)4(9)3(8)5(10)7(13)12/h7-10,12H,3-6,11H2,1-2H3;2-5H,1H3;1-5H2;1-4H2;1-3H3;1-3H3;2-3H2,1H3;2H,1H2/q8*+1. The molecule has 9 aromatic rings. The molecular formula is C80H74ClF35N10O15S+8. The summed E-state index contributed by atoms with van der Waals surface area (Å²) >= 11 is 5.80. The average molecular weight is 2150 g/mol. The van der Waals surface area contributed by atoms with Gasteiger partial charge in [0, 0.05) is 43.0 Å². The monoisotopic (exact) mass is 2150 g/mol. The van der Waals surface area contributed by atoms with Crippen LogP contribution in [0.3, 0.4) is 0 Å². The summed E-state index contributed by atoms with van der Waals surface area (Å²) < 4.78 is 485. The Morgan fingerprint density at radius 2 is 0.725 bits per heavy atom. The summed E-state index contributed by atoms with van der Waals surface area (Å²) in [5.74, 6) is -76.8. The number of halogens is 36. The molecule has 2 saturated heterocycles. The van der Waals surface area contributed by atoms with Gasteiger partial charge in [-0.2, -0.15) is 115 Å². The molecule has 142 heavy (non-hydrogen) atoms. The Balaban J connectivity index is 0.000000340. The first-order valence-electron chi connectivity index (χ1n) is 39.4. The summed E-state index contributed by atoms with van der Waals surface area (Å²) in [4.78, 5) is 66.8. The number of unbranched alkanes of at least 4 members (excludes halogenated alkanes) is 1. The Kier molecular flexibility index (Phi) is 45.6. The zero-order valence-corrected chi connectivity index (χ0v) is 75.5. The quantitative estimate of drug-likeness (QED) is 0.0242. The zero-order chi connectivity index (χ0) is 108. The van der Waals surface area contributed by atoms with Crippen LogP contribution in [0.2, 0.25) is 5.02 Å². The normalized spacial score (nSPS) is 12.5. The van der Waals surface area contributed by atoms with E-state index in [2.05, 4.69) is 58.5 Å². The van der Waals surface area contributed by atoms with E-state index in [1.807, 2.05) is 24.5 Å². The molecule has 0 N–H and O–H groups in total. The Morgan fingerprint density at radius 1 is 0.408 bits per heavy atom. The Hall–Kier alpha value is -13.3. The van der Waals surface area contributed by atoms with Crippen molar-refractivity contribution in [3.05, 3.63) is 278 Å². The van der Waals surface area contributed by atoms with Gasteiger partial charge < -0.3 is 14.4 Å². The van der Waals surface area contributed by atoms with E-state index in [1.54, 1.807) is 18.6 Å². The molecule has 0 bridgehead atoms. The lowest BCUT2D eigenvalue weighted by atomic mass is 10.0. The molecule has 0 radical (unpaired) electrons. The Bertz CT molecular complexity index is 5800. The van der Waals surface area contributed by atoms with Crippen LogP contribution in [-0.2, 0) is 19.6 Å². The number of benzene rings is 1. The van der Waals surface area contributed by atoms with E-state index < -0.39 is 274 Å². The second kappa shape index (κ2) is 53.5. The molecule has 0 aliphatic carbocycles. The van der Waals surface area contributed by atoms with Crippen molar-refractivity contribution >= 4 is 40.1 Å². The smallest absolute Gasteiger partial charge is 0.425 e. The van der Waals surface area contributed by atoms with Gasteiger partial charge >= 0.3 is 112 Å². The van der Waals surface area contributed by atoms with Gasteiger partial charge in [0.1, 0.15) is 20.0 Å². The van der Waals surface area contributed by atoms with Crippen LogP contribution in [-0.4, -0.2) is 100 Å². The third-order valence-corrected chi connectivity index (χ3v) is 18.2. The van der Waals surface area contributed by atoms with Gasteiger partial charge in [0.2, 0.25) is 53.1 Å². The van der Waals surface area contributed by atoms with E-state index in [-0.39, 0.29) is 42.4 Å². The fraction of sp³-hybridized carbons (Fsp3) is 0.362. The number of pyridine rings is 8. The van der Waals surface area contributed by atoms with Crippen molar-refractivity contribution in [3.63, 3.8) is 0 Å². The van der Waals surface area contributed by atoms with Gasteiger partial charge in [0.15, 0.2) is 25.1 Å². The summed E-state index contributed by atoms with van der Waals surface area (Å²) in [7, 11) is -4.79. The number of likely N-dealkylation sites (tertiary alicyclic amines) is 1. The number of morpholine rings is 1. The highest BCUT2D eigenvalue weighted by Gasteiger charge is 2.46. The van der Waals surface area contributed by atoms with Crippen molar-refractivity contribution in [2.45, 2.75) is 137 Å². The van der Waals surface area contributed by atoms with Crippen LogP contribution >= 0.6 is 11.6 Å². The zero-order valence-electron chi connectivity index (χ0n) is 73.9. The van der Waals surface area contributed by atoms with Crippen molar-refractivity contribution in [2.75, 3.05) is 52.6 Å². The molecule has 25 nitrogen and oxygen atoms in total. The number of aromatic nitrogens is 8. The number of ether oxygens (including phenoxy) is 2. The van der Waals surface area contributed by atoms with Gasteiger partial charge in [-0.25, -0.2) is 14.4 Å². The number of rotatable bonds is 19. The van der Waals surface area contributed by atoms with Crippen molar-refractivity contribution < 1.29 is 262 Å². The third-order valence-electron chi connectivity index (χ3n) is 16.7. The maximum atomic E-state index is 13.4. The maximum absolute atomic E-state index is 13.4. The Labute approximate surface area is 782 Å². The molecule has 10 heterocycles. The minimum Gasteiger partial charge on any atom is -0.425 e. The van der Waals surface area contributed by atoms with Gasteiger partial charge in [-0.15, -0.1) is 70.6 Å². The summed E-state index contributed by atoms with van der Waals surface area (Å²) in [6.45, 7) is 20.8. The average Bonchev–Trinajstić information content (AvgIpc) is 0.779. The SMILES string of the molecule is C=CO[n+]1c(F)c(F)c(F)c(F)c1F.CC(C)(C)OC(=O)O[n+]1c(F)c(F)c(F)c(F)c1F.CC(C)(C)O[n+]1c(F)c(F)c(F)c(F)c1F.CCCCC(CC)CO[n+]1ccc(Cl)cc1.CCCO[n+]1c(F)c(F)c(F)c(F)c1F.Cc1ccc(S(=O)(=O)O[n+]2c(F)c(F)c(F)c(F)c2F)cc1.O=C(O[n+]1c(F)c(F)c(F)c(F)c1F)N1CCCCC1.O=C(O[n+]1c(F)c(F)c(F)c(F)c1F)N1CCOCC1. The van der Waals surface area contributed by atoms with Crippen molar-refractivity contribution in [3.8, 4) is 0 Å². The maximum Gasteiger partial charge on any atom is 0.572 e. The molecule has 11 rings (SSSR count). The first kappa shape index (κ1) is 121. The molecule has 8 aromatic heterocycles. The molecule has 2 aliphatic rings. The number of aryl methyl sites for hydroxylation is 1. The van der Waals surface area contributed by atoms with Gasteiger partial charge in [0.05, 0.1) is 41.9 Å². The molecule has 0 saturated carbocycles. The van der Waals surface area contributed by atoms with Gasteiger partial charge in [-0.05, 0) is 105 Å². The molecule has 1 unspecified atom stereocenters. The molecule has 62 heteroatoms. The predicted octanol–water partition coefficient (Wildman–Crippen LogP) is 14.0. The number of piperidine rings is 1. The predicted molar refractivity (Wildman–Crippen MR) is 396 cm³/mol. The first-order chi connectivity index (χ1) is 66.0. The highest BCUT2D eigenvalue weighted by Crippen LogP contribution is 2.23. The fourth-order valence-corrected chi connectivity index (χ4v) is 10.8. The number of hydrogen-bond acceptors (Lipinski definition) is 15. The number of nitrogens with zero attached hydrogens (tertiary/aromatic N) is 10. The molecule has 784 valence electrons. The van der Waals surface area contributed by atoms with Crippen LogP contribution in [0.1, 0.15) is 119 Å². The molecule has 0 spiro atoms. The Morgan fingerprint density at radius 3 is 1.04 bits per heavy atom. The highest BCUT2D eigenvalue weighted by molar-refractivity contribution is 7.86. The van der Waals surface area contributed by atoms with E-state index in [9.17, 15) is 176 Å². The minimum atomic E-state index is -4.79. The van der Waals surface area contributed by atoms with Crippen LogP contribution in [0.5, 0.6) is 0 Å². The van der Waals surface area contributed by atoms with Gasteiger partial charge in [-0.3, -0.25) is 19.4 Å². The van der Waals surface area contributed by atoms with E-state index in [0.717, 1.165) is 40.0 Å². The molecule has 2 fully saturated rings. The van der Waals surface area contributed by atoms with Crippen LogP contribution in [0.15, 0.2) is 66.5 Å². The summed E-state index contributed by atoms with van der Waals surface area (Å²) in [5, 5.41) is 0.734. The van der Waals surface area contributed by atoms with Crippen LogP contribution < -0.4 is 76.0 Å². The molecule has 2 aliphatic heterocycles. The van der Waals surface area contributed by atoms with Crippen LogP contribution in [0.25, 0.3) is 0 Å². The highest BCUT2D eigenvalue weighted by atomic mass is 35.5. The molecular weight excluding hydrogens is 2070 g/mol. The van der Waals surface area contributed by atoms with E-state index in [4.69, 9.17) is 21.2 Å². The van der Waals surface area contributed by atoms with Crippen molar-refractivity contribution in [1.82, 2.24) is 9.80 Å². The van der Waals surface area contributed by atoms with E-state index in [1.165, 1.54) is 79.4 Å². The summed E-state index contributed by atoms with van der Waals surface area (Å²) in [6.07, 6.45) is 7.74. The molecule has 1 aromatic carbocycles. The molecule has 1 atom stereocenters. The van der Waals surface area contributed by atoms with Crippen molar-refractivity contribution in [2.24, 2.45) is 5.92 Å². The second-order valence-electron chi connectivity index (χ2n) is 29.4. The van der Waals surface area contributed by atoms with Crippen molar-refractivity contribution in [1.29, 1.82) is 0 Å². The van der Waals surface area contributed by atoms with E-state index in [0.29, 0.717) is 50.1 Å². The fourth-order valence-electron chi connectivity index (χ4n) is 9.77. The van der Waals surface area contributed by atoms with Crippen LogP contribution in [0, 0.1) is 218 Å². The number of carbonyl (C=O) groups is 3. The minimum absolute atomic E-state index is 0.0782. The number of amides is 2. The number of carbonyl (C=O) groups excluding carboxylic acids is 3. The number of hydrogen-bond donors (Lipinski definition) is 0. The van der Waals surface area contributed by atoms with Gasteiger partial charge in [-0.1, -0.05) is 69.5 Å². The lowest BCUT2D eigenvalue weighted by molar-refractivity contribution is -0.944. The lowest BCUT2D eigenvalue weighted by Crippen LogP contribution is -2.58. The van der Waals surface area contributed by atoms with Crippen LogP contribution in [0.4, 0.5) is 168 Å². The molecule has 2 amide bonds. The third kappa shape index (κ3) is 32.1. The second-order valence-corrected chi connectivity index (χ2v) is 31.3. The summed E-state index contributed by atoms with van der Waals surface area (Å²) in [6, 6.07) is 8.48. The topological polar surface area (TPSA) is 215 Å². The summed E-state index contributed by atoms with van der Waals surface area (Å²) in [5.41, 5.74) is -1.49. The first-order valence-corrected chi connectivity index (χ1v) is 41.2. The van der Waals surface area contributed by atoms with E-state index >= 15 is 0 Å². The largest absolute Gasteiger partial charge is 0.572 e. The lowest BCUT2D eigenvalue weighted by Gasteiger charge is -2.23. The van der Waals surface area contributed by atoms with Gasteiger partial charge in [0.25, 0.3) is 81.4 Å².